The molecule has 2 rings (SSSR count). The van der Waals surface area contributed by atoms with E-state index in [0.29, 0.717) is 12.1 Å². The number of carbonyl (C=O) groups excluding carboxylic acids is 2. The van der Waals surface area contributed by atoms with Crippen molar-refractivity contribution in [1.29, 1.82) is 0 Å². The van der Waals surface area contributed by atoms with Crippen molar-refractivity contribution in [2.24, 2.45) is 0 Å². The van der Waals surface area contributed by atoms with E-state index in [1.807, 2.05) is 30.3 Å². The van der Waals surface area contributed by atoms with E-state index in [0.717, 1.165) is 32.8 Å². The predicted octanol–water partition coefficient (Wildman–Crippen LogP) is 1.70. The number of ether oxygens (including phenoxy) is 2. The number of carbonyl (C=O) groups is 2. The van der Waals surface area contributed by atoms with E-state index in [2.05, 4.69) is 15.5 Å². The Kier molecular flexibility index (Phi) is 7.41. The second-order valence-corrected chi connectivity index (χ2v) is 7.23. The summed E-state index contributed by atoms with van der Waals surface area (Å²) in [6.07, 6.45) is -0.616. The summed E-state index contributed by atoms with van der Waals surface area (Å²) in [5, 5.41) is 5.58. The summed E-state index contributed by atoms with van der Waals surface area (Å²) >= 11 is 0. The van der Waals surface area contributed by atoms with Crippen molar-refractivity contribution in [3.05, 3.63) is 35.9 Å². The van der Waals surface area contributed by atoms with Gasteiger partial charge in [-0.1, -0.05) is 30.3 Å². The average Bonchev–Trinajstić information content (AvgIpc) is 2.60. The minimum atomic E-state index is -0.796. The van der Waals surface area contributed by atoms with Crippen LogP contribution < -0.4 is 10.6 Å². The number of amides is 2. The normalized spacial score (nSPS) is 16.6. The number of nitrogens with one attached hydrogen (secondary N) is 2. The molecule has 7 nitrogen and oxygen atoms in total. The molecule has 1 atom stereocenters. The first-order valence-electron chi connectivity index (χ1n) is 8.97. The van der Waals surface area contributed by atoms with Crippen LogP contribution in [0.2, 0.25) is 0 Å². The van der Waals surface area contributed by atoms with Crippen LogP contribution in [0.5, 0.6) is 0 Å². The van der Waals surface area contributed by atoms with Crippen LogP contribution in [0, 0.1) is 0 Å². The molecule has 2 amide bonds. The number of nitrogens with zero attached hydrogens (tertiary/aromatic N) is 1. The Hall–Kier alpha value is -2.12. The van der Waals surface area contributed by atoms with E-state index >= 15 is 0 Å². The maximum absolute atomic E-state index is 12.7. The number of alkyl carbamates (subject to hydrolysis) is 1. The Morgan fingerprint density at radius 3 is 2.46 bits per heavy atom. The minimum Gasteiger partial charge on any atom is -0.444 e. The van der Waals surface area contributed by atoms with E-state index in [1.54, 1.807) is 20.8 Å². The van der Waals surface area contributed by atoms with E-state index in [-0.39, 0.29) is 5.91 Å². The lowest BCUT2D eigenvalue weighted by Crippen LogP contribution is -2.45. The highest BCUT2D eigenvalue weighted by molar-refractivity contribution is 5.86. The van der Waals surface area contributed by atoms with Crippen molar-refractivity contribution >= 4 is 12.0 Å². The molecule has 1 heterocycles. The van der Waals surface area contributed by atoms with Crippen LogP contribution in [0.25, 0.3) is 0 Å². The number of rotatable bonds is 6. The molecule has 144 valence electrons. The van der Waals surface area contributed by atoms with Gasteiger partial charge in [0.15, 0.2) is 0 Å². The summed E-state index contributed by atoms with van der Waals surface area (Å²) in [5.74, 6) is -0.254. The third-order valence-electron chi connectivity index (χ3n) is 3.89. The average molecular weight is 363 g/mol. The highest BCUT2D eigenvalue weighted by atomic mass is 16.6. The van der Waals surface area contributed by atoms with Gasteiger partial charge in [-0.2, -0.15) is 0 Å². The molecule has 0 aromatic heterocycles. The van der Waals surface area contributed by atoms with E-state index in [1.165, 1.54) is 0 Å². The molecule has 26 heavy (non-hydrogen) atoms. The quantitative estimate of drug-likeness (QED) is 0.804. The lowest BCUT2D eigenvalue weighted by molar-refractivity contribution is -0.123. The van der Waals surface area contributed by atoms with Crippen LogP contribution in [0.3, 0.4) is 0 Å². The SMILES string of the molecule is CC(C)(C)OC(=O)N[C@H](C(=O)NCCN1CCOCC1)c1ccccc1. The van der Waals surface area contributed by atoms with Crippen molar-refractivity contribution in [2.45, 2.75) is 32.4 Å². The van der Waals surface area contributed by atoms with Crippen molar-refractivity contribution in [3.63, 3.8) is 0 Å². The maximum Gasteiger partial charge on any atom is 0.408 e. The number of benzene rings is 1. The van der Waals surface area contributed by atoms with E-state index in [9.17, 15) is 9.59 Å². The van der Waals surface area contributed by atoms with Gasteiger partial charge in [0.2, 0.25) is 5.91 Å². The standard InChI is InChI=1S/C19H29N3O4/c1-19(2,3)26-18(24)21-16(15-7-5-4-6-8-15)17(23)20-9-10-22-11-13-25-14-12-22/h4-8,16H,9-14H2,1-3H3,(H,20,23)(H,21,24)/t16-/m0/s1. The lowest BCUT2D eigenvalue weighted by atomic mass is 10.1. The third kappa shape index (κ3) is 7.01. The van der Waals surface area contributed by atoms with Gasteiger partial charge < -0.3 is 20.1 Å². The summed E-state index contributed by atoms with van der Waals surface area (Å²) < 4.78 is 10.6. The van der Waals surface area contributed by atoms with Gasteiger partial charge in [-0.3, -0.25) is 9.69 Å². The molecule has 0 radical (unpaired) electrons. The van der Waals surface area contributed by atoms with Crippen LogP contribution in [-0.2, 0) is 14.3 Å². The zero-order valence-corrected chi connectivity index (χ0v) is 15.8. The summed E-state index contributed by atoms with van der Waals surface area (Å²) in [5.41, 5.74) is 0.0835. The van der Waals surface area contributed by atoms with Crippen LogP contribution in [0.15, 0.2) is 30.3 Å². The first-order chi connectivity index (χ1) is 12.3. The molecule has 1 aliphatic heterocycles. The largest absolute Gasteiger partial charge is 0.444 e. The van der Waals surface area contributed by atoms with E-state index < -0.39 is 17.7 Å². The smallest absolute Gasteiger partial charge is 0.408 e. The molecule has 1 aliphatic rings. The number of morpholine rings is 1. The van der Waals surface area contributed by atoms with Crippen molar-refractivity contribution in [3.8, 4) is 0 Å². The number of hydrogen-bond acceptors (Lipinski definition) is 5. The Balaban J connectivity index is 1.94. The molecule has 0 bridgehead atoms. The van der Waals surface area contributed by atoms with Crippen LogP contribution >= 0.6 is 0 Å². The van der Waals surface area contributed by atoms with Crippen molar-refractivity contribution < 1.29 is 19.1 Å². The van der Waals surface area contributed by atoms with Gasteiger partial charge in [0.05, 0.1) is 13.2 Å². The molecule has 0 spiro atoms. The molecule has 1 aromatic rings. The molecule has 2 N–H and O–H groups in total. The van der Waals surface area contributed by atoms with Crippen molar-refractivity contribution in [1.82, 2.24) is 15.5 Å². The van der Waals surface area contributed by atoms with Gasteiger partial charge in [0, 0.05) is 26.2 Å². The fraction of sp³-hybridized carbons (Fsp3) is 0.579. The fourth-order valence-corrected chi connectivity index (χ4v) is 2.64. The zero-order valence-electron chi connectivity index (χ0n) is 15.8. The minimum absolute atomic E-state index is 0.254. The zero-order chi connectivity index (χ0) is 19.0. The van der Waals surface area contributed by atoms with Gasteiger partial charge in [-0.25, -0.2) is 4.79 Å². The molecule has 7 heteroatoms. The van der Waals surface area contributed by atoms with Gasteiger partial charge >= 0.3 is 6.09 Å². The Bertz CT molecular complexity index is 580. The summed E-state index contributed by atoms with van der Waals surface area (Å²) in [7, 11) is 0. The summed E-state index contributed by atoms with van der Waals surface area (Å²) in [6, 6.07) is 8.35. The molecular weight excluding hydrogens is 334 g/mol. The maximum atomic E-state index is 12.7. The monoisotopic (exact) mass is 363 g/mol. The molecule has 1 saturated heterocycles. The molecule has 0 aliphatic carbocycles. The predicted molar refractivity (Wildman–Crippen MR) is 98.8 cm³/mol. The second-order valence-electron chi connectivity index (χ2n) is 7.23. The molecule has 1 aromatic carbocycles. The summed E-state index contributed by atoms with van der Waals surface area (Å²) in [4.78, 5) is 27.0. The van der Waals surface area contributed by atoms with Crippen LogP contribution in [0.4, 0.5) is 4.79 Å². The lowest BCUT2D eigenvalue weighted by Gasteiger charge is -2.27. The topological polar surface area (TPSA) is 79.9 Å². The summed E-state index contributed by atoms with van der Waals surface area (Å²) in [6.45, 7) is 9.80. The molecule has 1 fully saturated rings. The van der Waals surface area contributed by atoms with Gasteiger partial charge in [0.25, 0.3) is 0 Å². The Morgan fingerprint density at radius 2 is 1.85 bits per heavy atom. The highest BCUT2D eigenvalue weighted by Gasteiger charge is 2.25. The molecule has 0 saturated carbocycles. The third-order valence-corrected chi connectivity index (χ3v) is 3.89. The fourth-order valence-electron chi connectivity index (χ4n) is 2.64. The van der Waals surface area contributed by atoms with Crippen LogP contribution in [-0.4, -0.2) is 61.9 Å². The molecule has 0 unspecified atom stereocenters. The Labute approximate surface area is 155 Å². The molecular formula is C19H29N3O4. The van der Waals surface area contributed by atoms with Gasteiger partial charge in [0.1, 0.15) is 11.6 Å². The Morgan fingerprint density at radius 1 is 1.19 bits per heavy atom. The van der Waals surface area contributed by atoms with Crippen molar-refractivity contribution in [2.75, 3.05) is 39.4 Å². The van der Waals surface area contributed by atoms with Gasteiger partial charge in [-0.05, 0) is 26.3 Å². The van der Waals surface area contributed by atoms with Gasteiger partial charge in [-0.15, -0.1) is 0 Å². The first-order valence-corrected chi connectivity index (χ1v) is 8.97. The number of hydrogen-bond donors (Lipinski definition) is 2. The highest BCUT2D eigenvalue weighted by Crippen LogP contribution is 2.15. The second kappa shape index (κ2) is 9.54. The first kappa shape index (κ1) is 20.2. The van der Waals surface area contributed by atoms with E-state index in [4.69, 9.17) is 9.47 Å². The van der Waals surface area contributed by atoms with Crippen LogP contribution in [0.1, 0.15) is 32.4 Å².